The van der Waals surface area contributed by atoms with Crippen molar-refractivity contribution in [1.29, 1.82) is 0 Å². The Kier molecular flexibility index (Phi) is 3.60. The lowest BCUT2D eigenvalue weighted by atomic mass is 10.1. The summed E-state index contributed by atoms with van der Waals surface area (Å²) in [6.07, 6.45) is 4.71. The van der Waals surface area contributed by atoms with E-state index in [2.05, 4.69) is 21.5 Å². The van der Waals surface area contributed by atoms with E-state index in [9.17, 15) is 4.39 Å². The third kappa shape index (κ3) is 2.49. The van der Waals surface area contributed by atoms with Crippen LogP contribution in [0.25, 0.3) is 0 Å². The standard InChI is InChI=1S/C15H18FN5/c1-2-7-20-10-18-8-13(20)14-9-19-15(17)21(14)12-5-3-11(16)4-6-12/h3-6,8,10,14H,2,7,9H2,1H3,(H2,17,19). The van der Waals surface area contributed by atoms with Crippen molar-refractivity contribution in [2.24, 2.45) is 10.7 Å². The molecule has 1 aromatic carbocycles. The van der Waals surface area contributed by atoms with Crippen LogP contribution in [0.2, 0.25) is 0 Å². The zero-order valence-corrected chi connectivity index (χ0v) is 11.9. The van der Waals surface area contributed by atoms with Crippen molar-refractivity contribution in [3.05, 3.63) is 48.3 Å². The minimum absolute atomic E-state index is 0.00418. The fourth-order valence-corrected chi connectivity index (χ4v) is 2.67. The average Bonchev–Trinajstić information content (AvgIpc) is 3.07. The molecule has 2 aromatic rings. The molecule has 0 aliphatic carbocycles. The second-order valence-electron chi connectivity index (χ2n) is 5.07. The van der Waals surface area contributed by atoms with E-state index in [1.165, 1.54) is 12.1 Å². The van der Waals surface area contributed by atoms with E-state index >= 15 is 0 Å². The molecule has 3 rings (SSSR count). The number of hydrogen-bond acceptors (Lipinski definition) is 4. The fourth-order valence-electron chi connectivity index (χ4n) is 2.67. The third-order valence-electron chi connectivity index (χ3n) is 3.64. The number of rotatable bonds is 4. The van der Waals surface area contributed by atoms with E-state index in [-0.39, 0.29) is 11.9 Å². The second-order valence-corrected chi connectivity index (χ2v) is 5.07. The highest BCUT2D eigenvalue weighted by Crippen LogP contribution is 2.31. The molecule has 1 atom stereocenters. The van der Waals surface area contributed by atoms with Crippen LogP contribution < -0.4 is 10.6 Å². The van der Waals surface area contributed by atoms with E-state index in [4.69, 9.17) is 5.73 Å². The van der Waals surface area contributed by atoms with Gasteiger partial charge in [0.25, 0.3) is 0 Å². The molecule has 110 valence electrons. The van der Waals surface area contributed by atoms with Crippen molar-refractivity contribution in [2.45, 2.75) is 25.9 Å². The summed E-state index contributed by atoms with van der Waals surface area (Å²) in [6.45, 7) is 3.61. The fraction of sp³-hybridized carbons (Fsp3) is 0.333. The van der Waals surface area contributed by atoms with Crippen molar-refractivity contribution in [1.82, 2.24) is 9.55 Å². The Hall–Kier alpha value is -2.37. The molecule has 1 aliphatic rings. The Bertz CT molecular complexity index is 646. The number of nitrogens with zero attached hydrogens (tertiary/aromatic N) is 4. The Morgan fingerprint density at radius 1 is 1.33 bits per heavy atom. The van der Waals surface area contributed by atoms with Crippen molar-refractivity contribution >= 4 is 11.6 Å². The van der Waals surface area contributed by atoms with Crippen LogP contribution in [-0.4, -0.2) is 22.1 Å². The first-order chi connectivity index (χ1) is 10.2. The summed E-state index contributed by atoms with van der Waals surface area (Å²) in [5.74, 6) is 0.192. The predicted octanol–water partition coefficient (Wildman–Crippen LogP) is 2.31. The van der Waals surface area contributed by atoms with Gasteiger partial charge in [-0.05, 0) is 30.7 Å². The summed E-state index contributed by atoms with van der Waals surface area (Å²) in [6, 6.07) is 6.31. The molecule has 1 aliphatic heterocycles. The van der Waals surface area contributed by atoms with Crippen molar-refractivity contribution < 1.29 is 4.39 Å². The summed E-state index contributed by atoms with van der Waals surface area (Å²) in [5, 5.41) is 0. The van der Waals surface area contributed by atoms with Crippen LogP contribution in [0.15, 0.2) is 41.8 Å². The molecule has 0 bridgehead atoms. The van der Waals surface area contributed by atoms with Gasteiger partial charge < -0.3 is 15.2 Å². The SMILES string of the molecule is CCCn1cncc1C1CN=C(N)N1c1ccc(F)cc1. The third-order valence-corrected chi connectivity index (χ3v) is 3.64. The molecule has 0 saturated heterocycles. The number of aromatic nitrogens is 2. The Balaban J connectivity index is 1.95. The molecular formula is C15H18FN5. The second kappa shape index (κ2) is 5.55. The maximum absolute atomic E-state index is 13.1. The van der Waals surface area contributed by atoms with Gasteiger partial charge in [-0.25, -0.2) is 9.37 Å². The number of aryl methyl sites for hydroxylation is 1. The van der Waals surface area contributed by atoms with Gasteiger partial charge in [-0.2, -0.15) is 0 Å². The number of halogens is 1. The maximum Gasteiger partial charge on any atom is 0.196 e. The number of hydrogen-bond donors (Lipinski definition) is 1. The van der Waals surface area contributed by atoms with E-state index < -0.39 is 0 Å². The Morgan fingerprint density at radius 2 is 2.10 bits per heavy atom. The van der Waals surface area contributed by atoms with E-state index in [0.717, 1.165) is 24.3 Å². The molecule has 0 fully saturated rings. The molecule has 0 saturated carbocycles. The number of imidazole rings is 1. The zero-order chi connectivity index (χ0) is 14.8. The number of nitrogens with two attached hydrogens (primary N) is 1. The maximum atomic E-state index is 13.1. The predicted molar refractivity (Wildman–Crippen MR) is 80.6 cm³/mol. The van der Waals surface area contributed by atoms with Gasteiger partial charge in [0.1, 0.15) is 5.82 Å². The topological polar surface area (TPSA) is 59.4 Å². The average molecular weight is 287 g/mol. The molecule has 5 nitrogen and oxygen atoms in total. The van der Waals surface area contributed by atoms with Crippen molar-refractivity contribution in [2.75, 3.05) is 11.4 Å². The highest BCUT2D eigenvalue weighted by Gasteiger charge is 2.31. The van der Waals surface area contributed by atoms with Crippen LogP contribution >= 0.6 is 0 Å². The number of anilines is 1. The Morgan fingerprint density at radius 3 is 2.81 bits per heavy atom. The first-order valence-corrected chi connectivity index (χ1v) is 7.05. The summed E-state index contributed by atoms with van der Waals surface area (Å²) < 4.78 is 15.2. The lowest BCUT2D eigenvalue weighted by Gasteiger charge is -2.27. The first kappa shape index (κ1) is 13.6. The van der Waals surface area contributed by atoms with Crippen LogP contribution in [0.3, 0.4) is 0 Å². The minimum atomic E-state index is -0.263. The van der Waals surface area contributed by atoms with Crippen LogP contribution in [0.4, 0.5) is 10.1 Å². The van der Waals surface area contributed by atoms with Crippen LogP contribution in [0.5, 0.6) is 0 Å². The van der Waals surface area contributed by atoms with Gasteiger partial charge in [0.15, 0.2) is 5.96 Å². The zero-order valence-electron chi connectivity index (χ0n) is 11.9. The molecule has 2 heterocycles. The van der Waals surface area contributed by atoms with E-state index in [1.54, 1.807) is 12.1 Å². The lowest BCUT2D eigenvalue weighted by molar-refractivity contribution is 0.605. The van der Waals surface area contributed by atoms with Crippen molar-refractivity contribution in [3.63, 3.8) is 0 Å². The molecule has 1 unspecified atom stereocenters. The Labute approximate surface area is 122 Å². The van der Waals surface area contributed by atoms with E-state index in [0.29, 0.717) is 12.5 Å². The highest BCUT2D eigenvalue weighted by atomic mass is 19.1. The van der Waals surface area contributed by atoms with Crippen molar-refractivity contribution in [3.8, 4) is 0 Å². The lowest BCUT2D eigenvalue weighted by Crippen LogP contribution is -2.36. The molecule has 6 heteroatoms. The van der Waals surface area contributed by atoms with Crippen LogP contribution in [-0.2, 0) is 6.54 Å². The molecule has 0 amide bonds. The van der Waals surface area contributed by atoms with Gasteiger partial charge in [-0.15, -0.1) is 0 Å². The van der Waals surface area contributed by atoms with E-state index in [1.807, 2.05) is 17.4 Å². The highest BCUT2D eigenvalue weighted by molar-refractivity contribution is 5.97. The number of aliphatic imine (C=N–C) groups is 1. The molecule has 1 aromatic heterocycles. The largest absolute Gasteiger partial charge is 0.369 e. The quantitative estimate of drug-likeness (QED) is 0.938. The number of benzene rings is 1. The molecule has 0 spiro atoms. The summed E-state index contributed by atoms with van der Waals surface area (Å²) in [5.41, 5.74) is 7.93. The smallest absolute Gasteiger partial charge is 0.196 e. The normalized spacial score (nSPS) is 18.1. The molecular weight excluding hydrogens is 269 g/mol. The van der Waals surface area contributed by atoms with Gasteiger partial charge in [0.05, 0.1) is 30.8 Å². The van der Waals surface area contributed by atoms with Gasteiger partial charge in [0.2, 0.25) is 0 Å². The minimum Gasteiger partial charge on any atom is -0.369 e. The summed E-state index contributed by atoms with van der Waals surface area (Å²) in [4.78, 5) is 10.5. The molecule has 21 heavy (non-hydrogen) atoms. The molecule has 2 N–H and O–H groups in total. The van der Waals surface area contributed by atoms with Gasteiger partial charge >= 0.3 is 0 Å². The summed E-state index contributed by atoms with van der Waals surface area (Å²) >= 11 is 0. The first-order valence-electron chi connectivity index (χ1n) is 7.05. The van der Waals surface area contributed by atoms with Gasteiger partial charge in [-0.3, -0.25) is 4.99 Å². The number of guanidine groups is 1. The monoisotopic (exact) mass is 287 g/mol. The van der Waals surface area contributed by atoms with Gasteiger partial charge in [0, 0.05) is 12.2 Å². The van der Waals surface area contributed by atoms with Gasteiger partial charge in [-0.1, -0.05) is 6.92 Å². The van der Waals surface area contributed by atoms with Crippen LogP contribution in [0.1, 0.15) is 25.1 Å². The summed E-state index contributed by atoms with van der Waals surface area (Å²) in [7, 11) is 0. The molecule has 0 radical (unpaired) electrons. The van der Waals surface area contributed by atoms with Crippen LogP contribution in [0, 0.1) is 5.82 Å².